The Morgan fingerprint density at radius 2 is 1.97 bits per heavy atom. The van der Waals surface area contributed by atoms with Crippen LogP contribution in [0.3, 0.4) is 0 Å². The molecule has 2 heterocycles. The van der Waals surface area contributed by atoms with Crippen molar-refractivity contribution >= 4 is 40.0 Å². The Morgan fingerprint density at radius 3 is 2.78 bits per heavy atom. The van der Waals surface area contributed by atoms with E-state index in [4.69, 9.17) is 13.9 Å². The summed E-state index contributed by atoms with van der Waals surface area (Å²) < 4.78 is 17.9. The third-order valence-corrected chi connectivity index (χ3v) is 4.82. The van der Waals surface area contributed by atoms with E-state index in [-0.39, 0.29) is 18.3 Å². The molecule has 0 aliphatic rings. The predicted molar refractivity (Wildman–Crippen MR) is 121 cm³/mol. The van der Waals surface area contributed by atoms with E-state index in [1.165, 1.54) is 6.21 Å². The van der Waals surface area contributed by atoms with Crippen LogP contribution < -0.4 is 10.2 Å². The van der Waals surface area contributed by atoms with Crippen molar-refractivity contribution < 1.29 is 23.5 Å². The van der Waals surface area contributed by atoms with Gasteiger partial charge in [-0.05, 0) is 44.2 Å². The average Bonchev–Trinajstić information content (AvgIpc) is 3.36. The maximum absolute atomic E-state index is 12.5. The molecule has 4 aromatic rings. The number of ether oxygens (including phenoxy) is 2. The third kappa shape index (κ3) is 4.49. The summed E-state index contributed by atoms with van der Waals surface area (Å²) in [5.41, 5.74) is 4.71. The molecule has 8 nitrogen and oxygen atoms in total. The average molecular weight is 433 g/mol. The van der Waals surface area contributed by atoms with Crippen molar-refractivity contribution in [1.82, 2.24) is 9.99 Å². The molecule has 0 spiro atoms. The van der Waals surface area contributed by atoms with E-state index in [9.17, 15) is 9.59 Å². The highest BCUT2D eigenvalue weighted by atomic mass is 16.5. The summed E-state index contributed by atoms with van der Waals surface area (Å²) in [6.45, 7) is 4.66. The van der Waals surface area contributed by atoms with Crippen LogP contribution in [0.5, 0.6) is 5.75 Å². The zero-order chi connectivity index (χ0) is 22.5. The topological polar surface area (TPSA) is 95.1 Å². The summed E-state index contributed by atoms with van der Waals surface area (Å²) >= 11 is 0. The van der Waals surface area contributed by atoms with Gasteiger partial charge in [0, 0.05) is 28.0 Å². The number of hydrogen-bond acceptors (Lipinski definition) is 6. The number of furan rings is 1. The van der Waals surface area contributed by atoms with E-state index in [1.807, 2.05) is 37.3 Å². The smallest absolute Gasteiger partial charge is 0.325 e. The molecule has 0 atom stereocenters. The SMILES string of the molecule is CCOC(=O)Cn1cc(/C=N/NC(=O)c2cc3cc(OCC)ccc3o2)c2ccccc21. The second kappa shape index (κ2) is 9.38. The Labute approximate surface area is 184 Å². The van der Waals surface area contributed by atoms with E-state index in [0.717, 1.165) is 21.9 Å². The number of hydrazone groups is 1. The maximum atomic E-state index is 12.5. The Kier molecular flexibility index (Phi) is 6.21. The number of nitrogens with one attached hydrogen (secondary N) is 1. The van der Waals surface area contributed by atoms with E-state index in [0.29, 0.717) is 24.5 Å². The number of nitrogens with zero attached hydrogens (tertiary/aromatic N) is 2. The highest BCUT2D eigenvalue weighted by molar-refractivity contribution is 6.01. The van der Waals surface area contributed by atoms with Gasteiger partial charge in [-0.3, -0.25) is 9.59 Å². The summed E-state index contributed by atoms with van der Waals surface area (Å²) in [5.74, 6) is 0.0774. The molecule has 0 aliphatic carbocycles. The van der Waals surface area contributed by atoms with Gasteiger partial charge in [0.25, 0.3) is 0 Å². The second-order valence-electron chi connectivity index (χ2n) is 6.98. The normalized spacial score (nSPS) is 11.3. The number of aromatic nitrogens is 1. The number of fused-ring (bicyclic) bond motifs is 2. The number of para-hydroxylation sites is 1. The molecule has 4 rings (SSSR count). The van der Waals surface area contributed by atoms with Crippen LogP contribution in [-0.4, -0.2) is 35.9 Å². The molecule has 0 bridgehead atoms. The van der Waals surface area contributed by atoms with Crippen molar-refractivity contribution in [3.05, 3.63) is 66.1 Å². The molecule has 164 valence electrons. The van der Waals surface area contributed by atoms with Crippen LogP contribution in [0, 0.1) is 0 Å². The lowest BCUT2D eigenvalue weighted by Crippen LogP contribution is -2.16. The number of carbonyl (C=O) groups is 2. The molecule has 1 N–H and O–H groups in total. The van der Waals surface area contributed by atoms with Gasteiger partial charge >= 0.3 is 11.9 Å². The van der Waals surface area contributed by atoms with Crippen molar-refractivity contribution in [2.24, 2.45) is 5.10 Å². The summed E-state index contributed by atoms with van der Waals surface area (Å²) in [6.07, 6.45) is 3.34. The number of esters is 1. The number of rotatable bonds is 8. The molecule has 32 heavy (non-hydrogen) atoms. The molecule has 0 radical (unpaired) electrons. The van der Waals surface area contributed by atoms with Gasteiger partial charge in [-0.25, -0.2) is 5.43 Å². The van der Waals surface area contributed by atoms with Gasteiger partial charge in [0.05, 0.1) is 19.4 Å². The van der Waals surface area contributed by atoms with Crippen molar-refractivity contribution in [1.29, 1.82) is 0 Å². The molecule has 8 heteroatoms. The number of carbonyl (C=O) groups excluding carboxylic acids is 2. The van der Waals surface area contributed by atoms with Crippen LogP contribution >= 0.6 is 0 Å². The lowest BCUT2D eigenvalue weighted by molar-refractivity contribution is -0.143. The zero-order valence-corrected chi connectivity index (χ0v) is 17.8. The van der Waals surface area contributed by atoms with Gasteiger partial charge in [0.2, 0.25) is 0 Å². The highest BCUT2D eigenvalue weighted by Gasteiger charge is 2.13. The summed E-state index contributed by atoms with van der Waals surface area (Å²) in [5, 5.41) is 5.75. The van der Waals surface area contributed by atoms with E-state index in [2.05, 4.69) is 10.5 Å². The Morgan fingerprint density at radius 1 is 1.12 bits per heavy atom. The Bertz CT molecular complexity index is 1300. The van der Waals surface area contributed by atoms with Gasteiger partial charge in [0.1, 0.15) is 17.9 Å². The molecule has 0 saturated carbocycles. The van der Waals surface area contributed by atoms with Gasteiger partial charge in [-0.2, -0.15) is 5.10 Å². The predicted octanol–water partition coefficient (Wildman–Crippen LogP) is 4.11. The first kappa shape index (κ1) is 21.2. The fourth-order valence-electron chi connectivity index (χ4n) is 3.46. The third-order valence-electron chi connectivity index (χ3n) is 4.82. The summed E-state index contributed by atoms with van der Waals surface area (Å²) in [4.78, 5) is 24.4. The molecule has 0 fully saturated rings. The minimum Gasteiger partial charge on any atom is -0.494 e. The molecule has 1 amide bonds. The van der Waals surface area contributed by atoms with Crippen LogP contribution in [0.4, 0.5) is 0 Å². The van der Waals surface area contributed by atoms with Crippen molar-refractivity contribution in [2.45, 2.75) is 20.4 Å². The lowest BCUT2D eigenvalue weighted by Gasteiger charge is -2.04. The molecule has 2 aromatic heterocycles. The van der Waals surface area contributed by atoms with Crippen LogP contribution in [0.1, 0.15) is 30.0 Å². The molecule has 0 saturated heterocycles. The lowest BCUT2D eigenvalue weighted by atomic mass is 10.2. The van der Waals surface area contributed by atoms with Gasteiger partial charge in [-0.15, -0.1) is 0 Å². The number of benzene rings is 2. The van der Waals surface area contributed by atoms with Crippen LogP contribution in [0.15, 0.2) is 64.2 Å². The largest absolute Gasteiger partial charge is 0.494 e. The standard InChI is InChI=1S/C24H23N3O5/c1-3-30-18-9-10-21-16(11-18)12-22(32-21)24(29)26-25-13-17-14-27(15-23(28)31-4-2)20-8-6-5-7-19(17)20/h5-14H,3-4,15H2,1-2H3,(H,26,29)/b25-13+. The fourth-order valence-corrected chi connectivity index (χ4v) is 3.46. The summed E-state index contributed by atoms with van der Waals surface area (Å²) in [6, 6.07) is 14.7. The monoisotopic (exact) mass is 433 g/mol. The molecule has 2 aromatic carbocycles. The Hall–Kier alpha value is -4.07. The Balaban J connectivity index is 1.50. The molecular weight excluding hydrogens is 410 g/mol. The summed E-state index contributed by atoms with van der Waals surface area (Å²) in [7, 11) is 0. The first-order chi connectivity index (χ1) is 15.6. The first-order valence-corrected chi connectivity index (χ1v) is 10.3. The quantitative estimate of drug-likeness (QED) is 0.256. The molecule has 0 aliphatic heterocycles. The van der Waals surface area contributed by atoms with Gasteiger partial charge in [0.15, 0.2) is 5.76 Å². The minimum atomic E-state index is -0.467. The van der Waals surface area contributed by atoms with Crippen molar-refractivity contribution in [2.75, 3.05) is 13.2 Å². The van der Waals surface area contributed by atoms with E-state index in [1.54, 1.807) is 35.9 Å². The first-order valence-electron chi connectivity index (χ1n) is 10.3. The van der Waals surface area contributed by atoms with Crippen LogP contribution in [-0.2, 0) is 16.1 Å². The number of hydrogen-bond donors (Lipinski definition) is 1. The van der Waals surface area contributed by atoms with Gasteiger partial charge < -0.3 is 18.5 Å². The molecule has 0 unspecified atom stereocenters. The van der Waals surface area contributed by atoms with Gasteiger partial charge in [-0.1, -0.05) is 18.2 Å². The van der Waals surface area contributed by atoms with E-state index < -0.39 is 5.91 Å². The van der Waals surface area contributed by atoms with Crippen LogP contribution in [0.25, 0.3) is 21.9 Å². The maximum Gasteiger partial charge on any atom is 0.325 e. The highest BCUT2D eigenvalue weighted by Crippen LogP contribution is 2.24. The molecular formula is C24H23N3O5. The number of amides is 1. The fraction of sp³-hybridized carbons (Fsp3) is 0.208. The second-order valence-corrected chi connectivity index (χ2v) is 6.98. The van der Waals surface area contributed by atoms with Crippen molar-refractivity contribution in [3.63, 3.8) is 0 Å². The van der Waals surface area contributed by atoms with E-state index >= 15 is 0 Å². The van der Waals surface area contributed by atoms with Crippen molar-refractivity contribution in [3.8, 4) is 5.75 Å². The minimum absolute atomic E-state index is 0.0945. The van der Waals surface area contributed by atoms with Crippen LogP contribution in [0.2, 0.25) is 0 Å². The zero-order valence-electron chi connectivity index (χ0n) is 17.8.